The Kier molecular flexibility index (Phi) is 5.88. The molecule has 2 aromatic carbocycles. The second kappa shape index (κ2) is 7.41. The van der Waals surface area contributed by atoms with Crippen molar-refractivity contribution in [1.82, 2.24) is 0 Å². The zero-order chi connectivity index (χ0) is 16.8. The quantitative estimate of drug-likeness (QED) is 0.664. The number of nitrogens with zero attached hydrogens (tertiary/aromatic N) is 1. The maximum atomic E-state index is 12.4. The highest BCUT2D eigenvalue weighted by Gasteiger charge is 2.29. The maximum Gasteiger partial charge on any atom is 0.416 e. The molecule has 0 aromatic heterocycles. The number of non-ortho nitro benzene ring substituents is 1. The molecule has 0 spiro atoms. The van der Waals surface area contributed by atoms with Crippen LogP contribution in [0.15, 0.2) is 48.5 Å². The van der Waals surface area contributed by atoms with Gasteiger partial charge in [0, 0.05) is 30.6 Å². The second-order valence-corrected chi connectivity index (χ2v) is 4.01. The van der Waals surface area contributed by atoms with E-state index >= 15 is 0 Å². The summed E-state index contributed by atoms with van der Waals surface area (Å²) in [6.07, 6.45) is -4.38. The maximum absolute atomic E-state index is 12.4. The predicted octanol–water partition coefficient (Wildman–Crippen LogP) is 3.97. The largest absolute Gasteiger partial charge is 0.416 e. The number of hydrogen-bond acceptors (Lipinski definition) is 4. The Bertz CT molecular complexity index is 628. The van der Waals surface area contributed by atoms with Gasteiger partial charge >= 0.3 is 6.18 Å². The van der Waals surface area contributed by atoms with Gasteiger partial charge in [0.1, 0.15) is 0 Å². The lowest BCUT2D eigenvalue weighted by molar-refractivity contribution is -0.384. The smallest absolute Gasteiger partial charge is 0.400 e. The van der Waals surface area contributed by atoms with E-state index < -0.39 is 16.7 Å². The Balaban J connectivity index is 0.00000116. The molecule has 2 aromatic rings. The summed E-state index contributed by atoms with van der Waals surface area (Å²) >= 11 is 0. The van der Waals surface area contributed by atoms with Crippen molar-refractivity contribution in [3.63, 3.8) is 0 Å². The van der Waals surface area contributed by atoms with Gasteiger partial charge in [0.2, 0.25) is 0 Å². The summed E-state index contributed by atoms with van der Waals surface area (Å²) < 4.78 is 37.2. The van der Waals surface area contributed by atoms with E-state index in [2.05, 4.69) is 5.32 Å². The highest BCUT2D eigenvalue weighted by Crippen LogP contribution is 2.30. The van der Waals surface area contributed by atoms with Crippen molar-refractivity contribution in [3.8, 4) is 0 Å². The van der Waals surface area contributed by atoms with Crippen molar-refractivity contribution in [3.05, 3.63) is 64.2 Å². The van der Waals surface area contributed by atoms with Gasteiger partial charge in [0.25, 0.3) is 5.69 Å². The Hall–Kier alpha value is -2.61. The van der Waals surface area contributed by atoms with E-state index in [-0.39, 0.29) is 5.69 Å². The van der Waals surface area contributed by atoms with Crippen molar-refractivity contribution in [2.45, 2.75) is 6.18 Å². The molecule has 118 valence electrons. The number of nitrogens with one attached hydrogen (secondary N) is 1. The van der Waals surface area contributed by atoms with E-state index in [1.54, 1.807) is 6.07 Å². The van der Waals surface area contributed by atoms with Crippen LogP contribution in [-0.2, 0) is 6.18 Å². The van der Waals surface area contributed by atoms with Gasteiger partial charge in [0.05, 0.1) is 10.5 Å². The molecule has 0 radical (unpaired) electrons. The molecule has 0 fully saturated rings. The number of benzene rings is 2. The van der Waals surface area contributed by atoms with E-state index in [4.69, 9.17) is 5.11 Å². The van der Waals surface area contributed by atoms with Crippen molar-refractivity contribution >= 4 is 17.1 Å². The molecule has 0 amide bonds. The van der Waals surface area contributed by atoms with Crippen molar-refractivity contribution in [1.29, 1.82) is 0 Å². The molecular weight excluding hydrogens is 301 g/mol. The first-order valence-electron chi connectivity index (χ1n) is 6.00. The zero-order valence-electron chi connectivity index (χ0n) is 11.5. The van der Waals surface area contributed by atoms with Gasteiger partial charge in [-0.25, -0.2) is 0 Å². The van der Waals surface area contributed by atoms with E-state index in [0.29, 0.717) is 11.4 Å². The Morgan fingerprint density at radius 2 is 1.64 bits per heavy atom. The highest BCUT2D eigenvalue weighted by molar-refractivity contribution is 5.62. The topological polar surface area (TPSA) is 75.4 Å². The van der Waals surface area contributed by atoms with Gasteiger partial charge in [0.15, 0.2) is 0 Å². The van der Waals surface area contributed by atoms with Crippen LogP contribution in [0, 0.1) is 10.1 Å². The normalized spacial score (nSPS) is 10.4. The molecule has 0 aliphatic carbocycles. The Morgan fingerprint density at radius 1 is 1.05 bits per heavy atom. The van der Waals surface area contributed by atoms with Crippen LogP contribution in [0.2, 0.25) is 0 Å². The monoisotopic (exact) mass is 314 g/mol. The van der Waals surface area contributed by atoms with E-state index in [1.807, 2.05) is 0 Å². The fraction of sp³-hybridized carbons (Fsp3) is 0.143. The van der Waals surface area contributed by atoms with Crippen LogP contribution in [0.5, 0.6) is 0 Å². The number of aliphatic hydroxyl groups is 1. The van der Waals surface area contributed by atoms with E-state index in [0.717, 1.165) is 19.2 Å². The first-order valence-corrected chi connectivity index (χ1v) is 6.00. The molecule has 2 rings (SSSR count). The van der Waals surface area contributed by atoms with E-state index in [9.17, 15) is 23.3 Å². The van der Waals surface area contributed by atoms with Crippen LogP contribution in [0.25, 0.3) is 0 Å². The molecule has 0 heterocycles. The number of aliphatic hydroxyl groups excluding tert-OH is 1. The minimum atomic E-state index is -4.38. The molecule has 0 saturated heterocycles. The van der Waals surface area contributed by atoms with Gasteiger partial charge in [-0.15, -0.1) is 0 Å². The third-order valence-corrected chi connectivity index (χ3v) is 2.56. The molecule has 0 atom stereocenters. The molecular formula is C14H13F3N2O3. The van der Waals surface area contributed by atoms with Gasteiger partial charge in [-0.3, -0.25) is 10.1 Å². The number of hydrogen-bond donors (Lipinski definition) is 2. The molecule has 0 bridgehead atoms. The van der Waals surface area contributed by atoms with E-state index in [1.165, 1.54) is 30.3 Å². The highest BCUT2D eigenvalue weighted by atomic mass is 19.4. The number of nitro benzene ring substituents is 1. The molecule has 22 heavy (non-hydrogen) atoms. The SMILES string of the molecule is CO.O=[N+]([O-])c1cccc(Nc2ccc(C(F)(F)F)cc2)c1. The van der Waals surface area contributed by atoms with Gasteiger partial charge < -0.3 is 10.4 Å². The van der Waals surface area contributed by atoms with Crippen LogP contribution >= 0.6 is 0 Å². The summed E-state index contributed by atoms with van der Waals surface area (Å²) in [6, 6.07) is 10.1. The average molecular weight is 314 g/mol. The van der Waals surface area contributed by atoms with Crippen molar-refractivity contribution in [2.24, 2.45) is 0 Å². The fourth-order valence-corrected chi connectivity index (χ4v) is 1.61. The van der Waals surface area contributed by atoms with Crippen molar-refractivity contribution in [2.75, 3.05) is 12.4 Å². The average Bonchev–Trinajstić information content (AvgIpc) is 2.49. The summed E-state index contributed by atoms with van der Waals surface area (Å²) in [4.78, 5) is 10.1. The fourth-order valence-electron chi connectivity index (χ4n) is 1.61. The molecule has 2 N–H and O–H groups in total. The molecule has 0 unspecified atom stereocenters. The van der Waals surface area contributed by atoms with Gasteiger partial charge in [-0.05, 0) is 30.3 Å². The molecule has 8 heteroatoms. The number of rotatable bonds is 3. The molecule has 0 aliphatic heterocycles. The third-order valence-electron chi connectivity index (χ3n) is 2.56. The van der Waals surface area contributed by atoms with Crippen LogP contribution < -0.4 is 5.32 Å². The lowest BCUT2D eigenvalue weighted by Gasteiger charge is -2.09. The van der Waals surface area contributed by atoms with Crippen molar-refractivity contribution < 1.29 is 23.2 Å². The summed E-state index contributed by atoms with van der Waals surface area (Å²) in [7, 11) is 1.00. The summed E-state index contributed by atoms with van der Waals surface area (Å²) in [6.45, 7) is 0. The summed E-state index contributed by atoms with van der Waals surface area (Å²) in [5.74, 6) is 0. The molecule has 0 saturated carbocycles. The summed E-state index contributed by atoms with van der Waals surface area (Å²) in [5.41, 5.74) is 0.00135. The van der Waals surface area contributed by atoms with Crippen LogP contribution in [0.3, 0.4) is 0 Å². The standard InChI is InChI=1S/C13H9F3N2O2.CH4O/c14-13(15,16)9-4-6-10(7-5-9)17-11-2-1-3-12(8-11)18(19)20;1-2/h1-8,17H;2H,1H3. The predicted molar refractivity (Wildman–Crippen MR) is 76.0 cm³/mol. The molecule has 5 nitrogen and oxygen atoms in total. The second-order valence-electron chi connectivity index (χ2n) is 4.01. The Morgan fingerprint density at radius 3 is 2.14 bits per heavy atom. The van der Waals surface area contributed by atoms with Gasteiger partial charge in [-0.1, -0.05) is 6.07 Å². The third kappa shape index (κ3) is 4.74. The Labute approximate surface area is 124 Å². The minimum Gasteiger partial charge on any atom is -0.400 e. The lowest BCUT2D eigenvalue weighted by Crippen LogP contribution is -2.04. The van der Waals surface area contributed by atoms with Crippen LogP contribution in [-0.4, -0.2) is 17.1 Å². The molecule has 0 aliphatic rings. The minimum absolute atomic E-state index is 0.0955. The zero-order valence-corrected chi connectivity index (χ0v) is 11.5. The first-order chi connectivity index (χ1) is 10.4. The van der Waals surface area contributed by atoms with Crippen LogP contribution in [0.4, 0.5) is 30.2 Å². The van der Waals surface area contributed by atoms with Gasteiger partial charge in [-0.2, -0.15) is 13.2 Å². The number of halogens is 3. The van der Waals surface area contributed by atoms with Crippen LogP contribution in [0.1, 0.15) is 5.56 Å². The summed E-state index contributed by atoms with van der Waals surface area (Å²) in [5, 5.41) is 20.4. The lowest BCUT2D eigenvalue weighted by atomic mass is 10.2. The number of nitro groups is 1. The number of alkyl halides is 3. The first kappa shape index (κ1) is 17.4. The number of anilines is 2.